The van der Waals surface area contributed by atoms with Crippen LogP contribution in [0, 0.1) is 12.8 Å². The lowest BCUT2D eigenvalue weighted by Gasteiger charge is -2.16. The van der Waals surface area contributed by atoms with Crippen LogP contribution < -0.4 is 4.74 Å². The fourth-order valence-corrected chi connectivity index (χ4v) is 3.86. The lowest BCUT2D eigenvalue weighted by atomic mass is 9.94. The summed E-state index contributed by atoms with van der Waals surface area (Å²) in [7, 11) is 1.49. The molecule has 0 aromatic heterocycles. The molecular formula is C25H32O10. The van der Waals surface area contributed by atoms with Crippen molar-refractivity contribution in [2.45, 2.75) is 72.7 Å². The molecule has 0 radical (unpaired) electrons. The minimum absolute atomic E-state index is 0.0400. The van der Waals surface area contributed by atoms with E-state index in [4.69, 9.17) is 24.1 Å². The summed E-state index contributed by atoms with van der Waals surface area (Å²) in [4.78, 5) is 46.6. The summed E-state index contributed by atoms with van der Waals surface area (Å²) in [5.74, 6) is -2.85. The number of carbonyl (C=O) groups excluding carboxylic acids is 3. The van der Waals surface area contributed by atoms with E-state index in [1.54, 1.807) is 13.8 Å². The van der Waals surface area contributed by atoms with Crippen LogP contribution in [0.2, 0.25) is 0 Å². The van der Waals surface area contributed by atoms with Crippen molar-refractivity contribution >= 4 is 23.9 Å². The van der Waals surface area contributed by atoms with E-state index in [9.17, 15) is 24.3 Å². The Kier molecular flexibility index (Phi) is 9.68. The molecule has 1 aromatic carbocycles. The molecule has 0 fully saturated rings. The lowest BCUT2D eigenvalue weighted by molar-refractivity contribution is -0.184. The summed E-state index contributed by atoms with van der Waals surface area (Å²) >= 11 is 0. The average Bonchev–Trinajstić information content (AvgIpc) is 3.14. The maximum absolute atomic E-state index is 12.1. The maximum Gasteiger partial charge on any atom is 0.342 e. The molecule has 0 saturated carbocycles. The Hall–Kier alpha value is -3.56. The number of phenols is 1. The molecule has 2 rings (SSSR count). The van der Waals surface area contributed by atoms with Gasteiger partial charge in [0.05, 0.1) is 7.11 Å². The molecule has 1 aliphatic heterocycles. The number of esters is 3. The van der Waals surface area contributed by atoms with Crippen molar-refractivity contribution in [3.05, 3.63) is 33.9 Å². The zero-order chi connectivity index (χ0) is 26.3. The zero-order valence-electron chi connectivity index (χ0n) is 20.6. The van der Waals surface area contributed by atoms with Crippen molar-refractivity contribution in [3.63, 3.8) is 0 Å². The third-order valence-corrected chi connectivity index (χ3v) is 5.66. The second kappa shape index (κ2) is 12.2. The predicted octanol–water partition coefficient (Wildman–Crippen LogP) is 3.58. The third-order valence-electron chi connectivity index (χ3n) is 5.66. The molecule has 1 heterocycles. The third kappa shape index (κ3) is 7.46. The monoisotopic (exact) mass is 492 g/mol. The first kappa shape index (κ1) is 27.7. The van der Waals surface area contributed by atoms with Crippen LogP contribution in [-0.2, 0) is 41.6 Å². The number of fused-ring (bicyclic) bond motifs is 1. The minimum atomic E-state index is -1.09. The zero-order valence-corrected chi connectivity index (χ0v) is 20.6. The quantitative estimate of drug-likeness (QED) is 0.252. The van der Waals surface area contributed by atoms with E-state index in [0.29, 0.717) is 23.3 Å². The smallest absolute Gasteiger partial charge is 0.342 e. The van der Waals surface area contributed by atoms with E-state index in [1.807, 2.05) is 13.0 Å². The highest BCUT2D eigenvalue weighted by Crippen LogP contribution is 2.42. The maximum atomic E-state index is 12.1. The standard InChI is InChI=1S/C25H32O10/c1-13(7-9-20(28)34-16(4)35-21(29)11-14(2)10-19(26)27)6-8-17-23(30)22-18(12-33-25(22)31)15(3)24(17)32-5/h6,14,16,30H,7-12H2,1-5H3,(H,26,27). The fraction of sp³-hybridized carbons (Fsp3) is 0.520. The molecule has 10 nitrogen and oxygen atoms in total. The van der Waals surface area contributed by atoms with Gasteiger partial charge in [0.1, 0.15) is 23.7 Å². The van der Waals surface area contributed by atoms with Crippen molar-refractivity contribution in [1.82, 2.24) is 0 Å². The second-order valence-corrected chi connectivity index (χ2v) is 8.62. The number of aliphatic carboxylic acids is 1. The van der Waals surface area contributed by atoms with Crippen LogP contribution in [0.25, 0.3) is 0 Å². The number of rotatable bonds is 12. The van der Waals surface area contributed by atoms with Crippen LogP contribution in [0.4, 0.5) is 0 Å². The first-order valence-electron chi connectivity index (χ1n) is 11.3. The molecular weight excluding hydrogens is 460 g/mol. The number of allylic oxidation sites excluding steroid dienone is 2. The summed E-state index contributed by atoms with van der Waals surface area (Å²) in [6.45, 7) is 6.74. The van der Waals surface area contributed by atoms with Gasteiger partial charge in [-0.05, 0) is 38.2 Å². The van der Waals surface area contributed by atoms with E-state index in [0.717, 1.165) is 11.1 Å². The van der Waals surface area contributed by atoms with Gasteiger partial charge in [0.15, 0.2) is 0 Å². The Morgan fingerprint density at radius 3 is 2.40 bits per heavy atom. The normalized spacial score (nSPS) is 14.5. The molecule has 1 aromatic rings. The van der Waals surface area contributed by atoms with E-state index < -0.39 is 36.1 Å². The van der Waals surface area contributed by atoms with Crippen LogP contribution in [-0.4, -0.2) is 47.5 Å². The number of methoxy groups -OCH3 is 1. The topological polar surface area (TPSA) is 146 Å². The summed E-state index contributed by atoms with van der Waals surface area (Å²) in [6.07, 6.45) is 1.17. The van der Waals surface area contributed by atoms with Gasteiger partial charge in [-0.2, -0.15) is 0 Å². The number of aromatic hydroxyl groups is 1. The summed E-state index contributed by atoms with van der Waals surface area (Å²) in [5.41, 5.74) is 2.81. The van der Waals surface area contributed by atoms with Crippen molar-refractivity contribution in [2.75, 3.05) is 7.11 Å². The molecule has 10 heteroatoms. The predicted molar refractivity (Wildman–Crippen MR) is 123 cm³/mol. The molecule has 0 bridgehead atoms. The molecule has 0 aliphatic carbocycles. The van der Waals surface area contributed by atoms with E-state index in [-0.39, 0.29) is 43.6 Å². The Morgan fingerprint density at radius 1 is 1.11 bits per heavy atom. The number of benzene rings is 1. The summed E-state index contributed by atoms with van der Waals surface area (Å²) in [5, 5.41) is 19.4. The van der Waals surface area contributed by atoms with Crippen molar-refractivity contribution in [3.8, 4) is 11.5 Å². The molecule has 192 valence electrons. The largest absolute Gasteiger partial charge is 0.507 e. The Morgan fingerprint density at radius 2 is 1.77 bits per heavy atom. The van der Waals surface area contributed by atoms with E-state index in [1.165, 1.54) is 14.0 Å². The molecule has 0 amide bonds. The number of carbonyl (C=O) groups is 4. The SMILES string of the molecule is COc1c(C)c2c(c(O)c1CC=C(C)CCC(=O)OC(C)OC(=O)CC(C)CC(=O)O)C(=O)OC2. The molecule has 35 heavy (non-hydrogen) atoms. The lowest BCUT2D eigenvalue weighted by Crippen LogP contribution is -2.23. The van der Waals surface area contributed by atoms with Gasteiger partial charge < -0.3 is 29.2 Å². The van der Waals surface area contributed by atoms with Gasteiger partial charge >= 0.3 is 23.9 Å². The van der Waals surface area contributed by atoms with Crippen molar-refractivity contribution in [2.24, 2.45) is 5.92 Å². The van der Waals surface area contributed by atoms with E-state index >= 15 is 0 Å². The van der Waals surface area contributed by atoms with Crippen LogP contribution in [0.5, 0.6) is 11.5 Å². The Labute approximate surface area is 203 Å². The second-order valence-electron chi connectivity index (χ2n) is 8.62. The fourth-order valence-electron chi connectivity index (χ4n) is 3.86. The van der Waals surface area contributed by atoms with Crippen molar-refractivity contribution in [1.29, 1.82) is 0 Å². The van der Waals surface area contributed by atoms with Gasteiger partial charge in [0.25, 0.3) is 0 Å². The summed E-state index contributed by atoms with van der Waals surface area (Å²) < 4.78 is 20.6. The first-order chi connectivity index (χ1) is 16.4. The number of ether oxygens (including phenoxy) is 4. The number of carboxylic acid groups (broad SMARTS) is 1. The number of hydrogen-bond donors (Lipinski definition) is 2. The minimum Gasteiger partial charge on any atom is -0.507 e. The average molecular weight is 493 g/mol. The highest BCUT2D eigenvalue weighted by molar-refractivity contribution is 5.98. The van der Waals surface area contributed by atoms with Gasteiger partial charge in [-0.3, -0.25) is 14.4 Å². The van der Waals surface area contributed by atoms with Gasteiger partial charge in [-0.25, -0.2) is 4.79 Å². The molecule has 2 atom stereocenters. The highest BCUT2D eigenvalue weighted by Gasteiger charge is 2.31. The van der Waals surface area contributed by atoms with Gasteiger partial charge in [-0.15, -0.1) is 0 Å². The highest BCUT2D eigenvalue weighted by atomic mass is 16.7. The van der Waals surface area contributed by atoms with Gasteiger partial charge in [0.2, 0.25) is 6.29 Å². The van der Waals surface area contributed by atoms with Gasteiger partial charge in [-0.1, -0.05) is 18.6 Å². The summed E-state index contributed by atoms with van der Waals surface area (Å²) in [6, 6.07) is 0. The van der Waals surface area contributed by atoms with Crippen LogP contribution in [0.15, 0.2) is 11.6 Å². The Bertz CT molecular complexity index is 1020. The van der Waals surface area contributed by atoms with Crippen LogP contribution in [0.1, 0.15) is 73.5 Å². The molecule has 0 saturated heterocycles. The van der Waals surface area contributed by atoms with Crippen LogP contribution in [0.3, 0.4) is 0 Å². The number of cyclic esters (lactones) is 1. The first-order valence-corrected chi connectivity index (χ1v) is 11.3. The molecule has 2 unspecified atom stereocenters. The number of carboxylic acids is 1. The number of hydrogen-bond acceptors (Lipinski definition) is 9. The molecule has 2 N–H and O–H groups in total. The van der Waals surface area contributed by atoms with Crippen LogP contribution >= 0.6 is 0 Å². The Balaban J connectivity index is 1.90. The van der Waals surface area contributed by atoms with E-state index in [2.05, 4.69) is 0 Å². The molecule has 0 spiro atoms. The van der Waals surface area contributed by atoms with Crippen molar-refractivity contribution < 1.29 is 48.3 Å². The molecule has 1 aliphatic rings. The number of phenolic OH excluding ortho intramolecular Hbond substituents is 1. The van der Waals surface area contributed by atoms with Gasteiger partial charge in [0, 0.05) is 37.3 Å².